The second-order valence-corrected chi connectivity index (χ2v) is 4.58. The number of Topliss-reactive ketones (excluding diaryl/α,β-unsaturated/α-hetero) is 1. The van der Waals surface area contributed by atoms with Gasteiger partial charge in [-0.25, -0.2) is 0 Å². The Morgan fingerprint density at radius 1 is 1.28 bits per heavy atom. The van der Waals surface area contributed by atoms with Gasteiger partial charge in [0.25, 0.3) is 5.91 Å². The van der Waals surface area contributed by atoms with Gasteiger partial charge in [0.2, 0.25) is 0 Å². The minimum Gasteiger partial charge on any atom is -0.484 e. The third kappa shape index (κ3) is 5.19. The number of hydrogen-bond acceptors (Lipinski definition) is 3. The number of halogens is 1. The van der Waals surface area contributed by atoms with Gasteiger partial charge in [-0.2, -0.15) is 0 Å². The molecule has 0 radical (unpaired) electrons. The predicted molar refractivity (Wildman–Crippen MR) is 69.8 cm³/mol. The Balaban J connectivity index is 2.29. The van der Waals surface area contributed by atoms with Crippen molar-refractivity contribution in [2.45, 2.75) is 13.8 Å². The minimum absolute atomic E-state index is 0.00478. The summed E-state index contributed by atoms with van der Waals surface area (Å²) < 4.78 is 5.23. The summed E-state index contributed by atoms with van der Waals surface area (Å²) in [5.74, 6) is 0.154. The molecule has 0 fully saturated rings. The van der Waals surface area contributed by atoms with Crippen LogP contribution in [-0.2, 0) is 9.59 Å². The monoisotopic (exact) mass is 269 g/mol. The largest absolute Gasteiger partial charge is 0.484 e. The first-order valence-corrected chi connectivity index (χ1v) is 6.04. The van der Waals surface area contributed by atoms with Gasteiger partial charge < -0.3 is 10.1 Å². The number of nitrogens with one attached hydrogen (secondary N) is 1. The summed E-state index contributed by atoms with van der Waals surface area (Å²) in [6.45, 7) is 3.50. The standard InChI is InChI=1S/C13H16ClNO3/c1-9(2)12(16)7-15-13(17)8-18-11-5-3-10(14)4-6-11/h3-6,9H,7-8H2,1-2H3,(H,15,17). The van der Waals surface area contributed by atoms with Gasteiger partial charge in [-0.3, -0.25) is 9.59 Å². The first kappa shape index (κ1) is 14.5. The zero-order chi connectivity index (χ0) is 13.5. The smallest absolute Gasteiger partial charge is 0.258 e. The van der Waals surface area contributed by atoms with Crippen molar-refractivity contribution in [1.29, 1.82) is 0 Å². The zero-order valence-electron chi connectivity index (χ0n) is 10.4. The molecular weight excluding hydrogens is 254 g/mol. The SMILES string of the molecule is CC(C)C(=O)CNC(=O)COc1ccc(Cl)cc1. The average Bonchev–Trinajstić information content (AvgIpc) is 2.35. The molecule has 4 nitrogen and oxygen atoms in total. The van der Waals surface area contributed by atoms with Gasteiger partial charge in [0.05, 0.1) is 6.54 Å². The van der Waals surface area contributed by atoms with Crippen molar-refractivity contribution in [2.75, 3.05) is 13.2 Å². The van der Waals surface area contributed by atoms with Crippen LogP contribution in [0.1, 0.15) is 13.8 Å². The number of carbonyl (C=O) groups excluding carboxylic acids is 2. The van der Waals surface area contributed by atoms with Crippen LogP contribution in [-0.4, -0.2) is 24.8 Å². The van der Waals surface area contributed by atoms with Crippen LogP contribution in [0.3, 0.4) is 0 Å². The maximum Gasteiger partial charge on any atom is 0.258 e. The number of amides is 1. The van der Waals surface area contributed by atoms with E-state index < -0.39 is 0 Å². The van der Waals surface area contributed by atoms with Crippen LogP contribution >= 0.6 is 11.6 Å². The molecule has 0 saturated heterocycles. The van der Waals surface area contributed by atoms with E-state index in [2.05, 4.69) is 5.32 Å². The highest BCUT2D eigenvalue weighted by atomic mass is 35.5. The number of ketones is 1. The van der Waals surface area contributed by atoms with Gasteiger partial charge in [-0.05, 0) is 24.3 Å². The number of hydrogen-bond donors (Lipinski definition) is 1. The lowest BCUT2D eigenvalue weighted by Crippen LogP contribution is -2.34. The summed E-state index contributed by atoms with van der Waals surface area (Å²) >= 11 is 5.72. The maximum absolute atomic E-state index is 11.4. The van der Waals surface area contributed by atoms with E-state index in [1.54, 1.807) is 38.1 Å². The molecule has 0 aliphatic rings. The molecule has 0 atom stereocenters. The maximum atomic E-state index is 11.4. The van der Waals surface area contributed by atoms with Crippen molar-refractivity contribution >= 4 is 23.3 Å². The van der Waals surface area contributed by atoms with Crippen LogP contribution in [0.25, 0.3) is 0 Å². The van der Waals surface area contributed by atoms with Crippen LogP contribution in [0.5, 0.6) is 5.75 Å². The van der Waals surface area contributed by atoms with Gasteiger partial charge >= 0.3 is 0 Å². The third-order valence-electron chi connectivity index (χ3n) is 2.29. The highest BCUT2D eigenvalue weighted by molar-refractivity contribution is 6.30. The van der Waals surface area contributed by atoms with Gasteiger partial charge in [-0.15, -0.1) is 0 Å². The van der Waals surface area contributed by atoms with Crippen molar-refractivity contribution in [3.8, 4) is 5.75 Å². The quantitative estimate of drug-likeness (QED) is 0.860. The molecule has 0 saturated carbocycles. The Morgan fingerprint density at radius 3 is 2.44 bits per heavy atom. The highest BCUT2D eigenvalue weighted by Crippen LogP contribution is 2.15. The lowest BCUT2D eigenvalue weighted by molar-refractivity contribution is -0.127. The number of carbonyl (C=O) groups is 2. The van der Waals surface area contributed by atoms with E-state index in [1.165, 1.54) is 0 Å². The predicted octanol–water partition coefficient (Wildman–Crippen LogP) is 2.06. The van der Waals surface area contributed by atoms with Crippen molar-refractivity contribution in [2.24, 2.45) is 5.92 Å². The fourth-order valence-electron chi connectivity index (χ4n) is 1.12. The molecule has 0 aromatic heterocycles. The van der Waals surface area contributed by atoms with Crippen molar-refractivity contribution in [1.82, 2.24) is 5.32 Å². The number of rotatable bonds is 6. The molecule has 1 aromatic carbocycles. The van der Waals surface area contributed by atoms with Crippen LogP contribution in [0.4, 0.5) is 0 Å². The molecule has 1 aromatic rings. The molecule has 0 bridgehead atoms. The lowest BCUT2D eigenvalue weighted by Gasteiger charge is -2.08. The van der Waals surface area contributed by atoms with E-state index >= 15 is 0 Å². The lowest BCUT2D eigenvalue weighted by atomic mass is 10.1. The van der Waals surface area contributed by atoms with Crippen molar-refractivity contribution < 1.29 is 14.3 Å². The van der Waals surface area contributed by atoms with E-state index in [9.17, 15) is 9.59 Å². The van der Waals surface area contributed by atoms with Gasteiger partial charge in [-0.1, -0.05) is 25.4 Å². The first-order chi connectivity index (χ1) is 8.49. The van der Waals surface area contributed by atoms with E-state index in [-0.39, 0.29) is 30.8 Å². The number of benzene rings is 1. The molecular formula is C13H16ClNO3. The summed E-state index contributed by atoms with van der Waals surface area (Å²) in [6, 6.07) is 6.71. The molecule has 0 aliphatic heterocycles. The van der Waals surface area contributed by atoms with E-state index in [1.807, 2.05) is 0 Å². The number of ether oxygens (including phenoxy) is 1. The second-order valence-electron chi connectivity index (χ2n) is 4.14. The molecule has 0 unspecified atom stereocenters. The van der Waals surface area contributed by atoms with Gasteiger partial charge in [0, 0.05) is 10.9 Å². The van der Waals surface area contributed by atoms with Crippen molar-refractivity contribution in [3.05, 3.63) is 29.3 Å². The Hall–Kier alpha value is -1.55. The summed E-state index contributed by atoms with van der Waals surface area (Å²) in [7, 11) is 0. The fourth-order valence-corrected chi connectivity index (χ4v) is 1.25. The molecule has 1 rings (SSSR count). The topological polar surface area (TPSA) is 55.4 Å². The summed E-state index contributed by atoms with van der Waals surface area (Å²) in [4.78, 5) is 22.7. The van der Waals surface area contributed by atoms with E-state index in [0.717, 1.165) is 0 Å². The summed E-state index contributed by atoms with van der Waals surface area (Å²) in [6.07, 6.45) is 0. The molecule has 0 aliphatic carbocycles. The molecule has 1 amide bonds. The minimum atomic E-state index is -0.320. The highest BCUT2D eigenvalue weighted by Gasteiger charge is 2.09. The first-order valence-electron chi connectivity index (χ1n) is 5.67. The molecule has 0 heterocycles. The van der Waals surface area contributed by atoms with E-state index in [0.29, 0.717) is 10.8 Å². The fraction of sp³-hybridized carbons (Fsp3) is 0.385. The van der Waals surface area contributed by atoms with Gasteiger partial charge in [0.15, 0.2) is 12.4 Å². The Morgan fingerprint density at radius 2 is 1.89 bits per heavy atom. The molecule has 18 heavy (non-hydrogen) atoms. The van der Waals surface area contributed by atoms with Crippen LogP contribution in [0, 0.1) is 5.92 Å². The Kier molecular flexibility index (Phi) is 5.65. The van der Waals surface area contributed by atoms with E-state index in [4.69, 9.17) is 16.3 Å². The molecule has 5 heteroatoms. The van der Waals surface area contributed by atoms with Crippen LogP contribution in [0.2, 0.25) is 5.02 Å². The molecule has 98 valence electrons. The molecule has 1 N–H and O–H groups in total. The average molecular weight is 270 g/mol. The van der Waals surface area contributed by atoms with Gasteiger partial charge in [0.1, 0.15) is 5.75 Å². The summed E-state index contributed by atoms with van der Waals surface area (Å²) in [5.41, 5.74) is 0. The normalized spacial score (nSPS) is 10.2. The Labute approximate surface area is 111 Å². The summed E-state index contributed by atoms with van der Waals surface area (Å²) in [5, 5.41) is 3.11. The zero-order valence-corrected chi connectivity index (χ0v) is 11.2. The molecule has 0 spiro atoms. The van der Waals surface area contributed by atoms with Crippen LogP contribution in [0.15, 0.2) is 24.3 Å². The third-order valence-corrected chi connectivity index (χ3v) is 2.54. The van der Waals surface area contributed by atoms with Crippen LogP contribution < -0.4 is 10.1 Å². The van der Waals surface area contributed by atoms with Crippen molar-refractivity contribution in [3.63, 3.8) is 0 Å². The Bertz CT molecular complexity index is 415. The second kappa shape index (κ2) is 7.01.